The number of nitrogens with zero attached hydrogens (tertiary/aromatic N) is 1. The van der Waals surface area contributed by atoms with Crippen molar-refractivity contribution in [3.63, 3.8) is 0 Å². The first-order chi connectivity index (χ1) is 6.58. The lowest BCUT2D eigenvalue weighted by Crippen LogP contribution is -2.39. The van der Waals surface area contributed by atoms with Crippen LogP contribution in [0.3, 0.4) is 0 Å². The van der Waals surface area contributed by atoms with Gasteiger partial charge in [0.25, 0.3) is 0 Å². The Morgan fingerprint density at radius 2 is 2.14 bits per heavy atom. The number of halogens is 1. The van der Waals surface area contributed by atoms with Crippen molar-refractivity contribution in [1.29, 1.82) is 0 Å². The molecule has 5 nitrogen and oxygen atoms in total. The van der Waals surface area contributed by atoms with Gasteiger partial charge in [-0.15, -0.1) is 0 Å². The van der Waals surface area contributed by atoms with Gasteiger partial charge in [0.2, 0.25) is 5.96 Å². The van der Waals surface area contributed by atoms with E-state index in [1.54, 1.807) is 18.2 Å². The summed E-state index contributed by atoms with van der Waals surface area (Å²) in [5, 5.41) is 2.16. The molecule has 0 spiro atoms. The van der Waals surface area contributed by atoms with Crippen molar-refractivity contribution < 1.29 is 4.79 Å². The van der Waals surface area contributed by atoms with Crippen molar-refractivity contribution >= 4 is 33.6 Å². The molecule has 2 amide bonds. The lowest BCUT2D eigenvalue weighted by Gasteiger charge is -2.00. The van der Waals surface area contributed by atoms with E-state index >= 15 is 0 Å². The number of primary amides is 1. The molecular weight excluding hydrogens is 248 g/mol. The highest BCUT2D eigenvalue weighted by Gasteiger charge is 1.96. The molecule has 0 unspecified atom stereocenters. The molecule has 0 heterocycles. The maximum Gasteiger partial charge on any atom is 0.318 e. The summed E-state index contributed by atoms with van der Waals surface area (Å²) in [6.07, 6.45) is 0. The van der Waals surface area contributed by atoms with E-state index in [1.807, 2.05) is 6.07 Å². The molecular formula is C8H9BrN4O. The van der Waals surface area contributed by atoms with Gasteiger partial charge >= 0.3 is 6.03 Å². The molecule has 0 aliphatic heterocycles. The number of nitrogens with one attached hydrogen (secondary N) is 1. The van der Waals surface area contributed by atoms with Crippen LogP contribution < -0.4 is 16.8 Å². The predicted molar refractivity (Wildman–Crippen MR) is 58.1 cm³/mol. The van der Waals surface area contributed by atoms with Crippen LogP contribution in [0.4, 0.5) is 10.5 Å². The average molecular weight is 257 g/mol. The first kappa shape index (κ1) is 10.5. The summed E-state index contributed by atoms with van der Waals surface area (Å²) in [5.41, 5.74) is 10.9. The first-order valence-electron chi connectivity index (χ1n) is 3.74. The van der Waals surface area contributed by atoms with Gasteiger partial charge in [-0.25, -0.2) is 9.79 Å². The van der Waals surface area contributed by atoms with Crippen molar-refractivity contribution in [3.8, 4) is 0 Å². The number of carbonyl (C=O) groups is 1. The van der Waals surface area contributed by atoms with Crippen molar-refractivity contribution in [2.24, 2.45) is 16.5 Å². The van der Waals surface area contributed by atoms with E-state index in [-0.39, 0.29) is 5.96 Å². The van der Waals surface area contributed by atoms with E-state index in [2.05, 4.69) is 26.2 Å². The van der Waals surface area contributed by atoms with Gasteiger partial charge in [-0.3, -0.25) is 5.32 Å². The van der Waals surface area contributed by atoms with Gasteiger partial charge < -0.3 is 11.5 Å². The fraction of sp³-hybridized carbons (Fsp3) is 0. The molecule has 1 rings (SSSR count). The zero-order valence-electron chi connectivity index (χ0n) is 7.20. The van der Waals surface area contributed by atoms with Crippen LogP contribution in [0.15, 0.2) is 33.7 Å². The molecule has 0 saturated heterocycles. The van der Waals surface area contributed by atoms with E-state index in [0.717, 1.165) is 4.47 Å². The highest BCUT2D eigenvalue weighted by molar-refractivity contribution is 9.10. The summed E-state index contributed by atoms with van der Waals surface area (Å²) in [4.78, 5) is 14.3. The molecule has 1 aromatic rings. The van der Waals surface area contributed by atoms with Gasteiger partial charge in [0.1, 0.15) is 0 Å². The van der Waals surface area contributed by atoms with Gasteiger partial charge in [0.05, 0.1) is 5.69 Å². The minimum atomic E-state index is -0.735. The van der Waals surface area contributed by atoms with E-state index in [0.29, 0.717) is 5.69 Å². The number of guanidine groups is 1. The largest absolute Gasteiger partial charge is 0.369 e. The molecule has 0 saturated carbocycles. The van der Waals surface area contributed by atoms with Crippen molar-refractivity contribution in [2.45, 2.75) is 0 Å². The molecule has 14 heavy (non-hydrogen) atoms. The minimum absolute atomic E-state index is 0.0319. The van der Waals surface area contributed by atoms with Crippen LogP contribution in [0.5, 0.6) is 0 Å². The summed E-state index contributed by atoms with van der Waals surface area (Å²) >= 11 is 3.28. The Morgan fingerprint density at radius 1 is 1.43 bits per heavy atom. The van der Waals surface area contributed by atoms with E-state index in [1.165, 1.54) is 0 Å². The molecule has 0 radical (unpaired) electrons. The van der Waals surface area contributed by atoms with Crippen LogP contribution >= 0.6 is 15.9 Å². The summed E-state index contributed by atoms with van der Waals surface area (Å²) in [7, 11) is 0. The average Bonchev–Trinajstić information content (AvgIpc) is 2.01. The third kappa shape index (κ3) is 3.44. The molecule has 0 atom stereocenters. The summed E-state index contributed by atoms with van der Waals surface area (Å²) in [5.74, 6) is -0.0319. The van der Waals surface area contributed by atoms with Gasteiger partial charge in [0.15, 0.2) is 0 Å². The Hall–Kier alpha value is -1.56. The molecule has 6 heteroatoms. The minimum Gasteiger partial charge on any atom is -0.369 e. The topological polar surface area (TPSA) is 93.5 Å². The highest BCUT2D eigenvalue weighted by Crippen LogP contribution is 2.17. The van der Waals surface area contributed by atoms with Gasteiger partial charge in [-0.05, 0) is 18.2 Å². The number of urea groups is 1. The summed E-state index contributed by atoms with van der Waals surface area (Å²) in [6.45, 7) is 0. The normalized spacial score (nSPS) is 11.1. The zero-order valence-corrected chi connectivity index (χ0v) is 8.78. The van der Waals surface area contributed by atoms with E-state index < -0.39 is 6.03 Å². The van der Waals surface area contributed by atoms with Crippen molar-refractivity contribution in [3.05, 3.63) is 28.7 Å². The Labute approximate surface area is 89.3 Å². The third-order valence-electron chi connectivity index (χ3n) is 1.31. The second kappa shape index (κ2) is 4.61. The number of nitrogens with two attached hydrogens (primary N) is 2. The SMILES string of the molecule is NC(=O)NC(N)=Nc1cccc(Br)c1. The van der Waals surface area contributed by atoms with Crippen molar-refractivity contribution in [1.82, 2.24) is 5.32 Å². The van der Waals surface area contributed by atoms with Crippen LogP contribution in [0, 0.1) is 0 Å². The molecule has 5 N–H and O–H groups in total. The van der Waals surface area contributed by atoms with Gasteiger partial charge in [0, 0.05) is 4.47 Å². The molecule has 74 valence electrons. The van der Waals surface area contributed by atoms with Gasteiger partial charge in [-0.2, -0.15) is 0 Å². The maximum atomic E-state index is 10.4. The fourth-order valence-electron chi connectivity index (χ4n) is 0.839. The molecule has 0 aromatic heterocycles. The fourth-order valence-corrected chi connectivity index (χ4v) is 1.23. The van der Waals surface area contributed by atoms with Crippen molar-refractivity contribution in [2.75, 3.05) is 0 Å². The van der Waals surface area contributed by atoms with E-state index in [9.17, 15) is 4.79 Å². The number of carbonyl (C=O) groups excluding carboxylic acids is 1. The Morgan fingerprint density at radius 3 is 2.71 bits per heavy atom. The number of rotatable bonds is 1. The number of benzene rings is 1. The predicted octanol–water partition coefficient (Wildman–Crippen LogP) is 1.06. The number of aliphatic imine (C=N–C) groups is 1. The van der Waals surface area contributed by atoms with Gasteiger partial charge in [-0.1, -0.05) is 22.0 Å². The highest BCUT2D eigenvalue weighted by atomic mass is 79.9. The Bertz CT molecular complexity index is 377. The molecule has 0 aliphatic carbocycles. The van der Waals surface area contributed by atoms with Crippen LogP contribution in [0.1, 0.15) is 0 Å². The zero-order chi connectivity index (χ0) is 10.6. The summed E-state index contributed by atoms with van der Waals surface area (Å²) in [6, 6.07) is 6.44. The monoisotopic (exact) mass is 256 g/mol. The third-order valence-corrected chi connectivity index (χ3v) is 1.80. The number of amides is 2. The van der Waals surface area contributed by atoms with Crippen LogP contribution in [0.25, 0.3) is 0 Å². The van der Waals surface area contributed by atoms with Crippen LogP contribution in [-0.4, -0.2) is 12.0 Å². The lowest BCUT2D eigenvalue weighted by atomic mass is 10.3. The Balaban J connectivity index is 2.80. The second-order valence-corrected chi connectivity index (χ2v) is 3.38. The molecule has 1 aromatic carbocycles. The van der Waals surface area contributed by atoms with Crippen LogP contribution in [-0.2, 0) is 0 Å². The summed E-state index contributed by atoms with van der Waals surface area (Å²) < 4.78 is 0.880. The molecule has 0 bridgehead atoms. The second-order valence-electron chi connectivity index (χ2n) is 2.47. The quantitative estimate of drug-likeness (QED) is 0.518. The first-order valence-corrected chi connectivity index (χ1v) is 4.53. The number of hydrogen-bond acceptors (Lipinski definition) is 2. The standard InChI is InChI=1S/C8H9BrN4O/c9-5-2-1-3-6(4-5)12-7(10)13-8(11)14/h1-4H,(H5,10,11,12,13,14). The lowest BCUT2D eigenvalue weighted by molar-refractivity contribution is 0.253. The molecule has 0 fully saturated rings. The van der Waals surface area contributed by atoms with E-state index in [4.69, 9.17) is 11.5 Å². The Kier molecular flexibility index (Phi) is 3.47. The number of hydrogen-bond donors (Lipinski definition) is 3. The molecule has 0 aliphatic rings. The smallest absolute Gasteiger partial charge is 0.318 e. The maximum absolute atomic E-state index is 10.4. The van der Waals surface area contributed by atoms with Crippen LogP contribution in [0.2, 0.25) is 0 Å².